The second-order valence-corrected chi connectivity index (χ2v) is 50.9. The van der Waals surface area contributed by atoms with E-state index >= 15 is 0 Å². The molecule has 0 nitrogen and oxygen atoms in total. The highest BCUT2D eigenvalue weighted by Crippen LogP contribution is 2.70. The molecule has 0 aromatic heterocycles. The molecule has 8 aromatic carbocycles. The molecule has 30 bridgehead atoms. The molecule has 0 amide bonds. The maximum absolute atomic E-state index is 2.45. The fourth-order valence-electron chi connectivity index (χ4n) is 11.6. The van der Waals surface area contributed by atoms with Crippen LogP contribution in [0.2, 0.25) is 0 Å². The third kappa shape index (κ3) is 17.8. The number of hydrogen-bond donors (Lipinski definition) is 0. The van der Waals surface area contributed by atoms with Gasteiger partial charge in [-0.1, -0.05) is 287 Å². The first-order valence-corrected chi connectivity index (χ1v) is 54.9. The van der Waals surface area contributed by atoms with Crippen molar-refractivity contribution >= 4 is 282 Å². The van der Waals surface area contributed by atoms with E-state index < -0.39 is 0 Å². The smallest absolute Gasteiger partial charge is 0.0717 e. The lowest BCUT2D eigenvalue weighted by molar-refractivity contribution is 1.40. The van der Waals surface area contributed by atoms with Gasteiger partial charge in [-0.05, 0) is 174 Å². The van der Waals surface area contributed by atoms with Crippen LogP contribution in [0.25, 0.3) is 66.8 Å². The second-order valence-electron chi connectivity index (χ2n) is 23.2. The minimum absolute atomic E-state index is 0.894. The van der Waals surface area contributed by atoms with Crippen LogP contribution >= 0.6 is 282 Å². The highest BCUT2D eigenvalue weighted by molar-refractivity contribution is 8.47. The quantitative estimate of drug-likeness (QED) is 0.155. The van der Waals surface area contributed by atoms with Crippen LogP contribution < -0.4 is 0 Å². The molecule has 0 spiro atoms. The van der Waals surface area contributed by atoms with Crippen LogP contribution in [0.1, 0.15) is 33.4 Å². The van der Waals surface area contributed by atoms with Crippen LogP contribution in [0.5, 0.6) is 0 Å². The van der Waals surface area contributed by atoms with Crippen molar-refractivity contribution in [1.29, 1.82) is 0 Å². The van der Waals surface area contributed by atoms with Crippen LogP contribution in [-0.2, 0) is 34.5 Å². The molecular weight excluding hydrogens is 1710 g/mol. The molecule has 9 aliphatic rings. The van der Waals surface area contributed by atoms with Crippen LogP contribution in [0, 0.1) is 0 Å². The van der Waals surface area contributed by atoms with E-state index in [1.807, 2.05) is 282 Å². The molecule has 0 saturated carbocycles. The monoisotopic (exact) mass is 1760 g/mol. The first-order valence-electron chi connectivity index (χ1n) is 31.8. The van der Waals surface area contributed by atoms with Gasteiger partial charge < -0.3 is 0 Å². The first kappa shape index (κ1) is 75.8. The lowest BCUT2D eigenvalue weighted by Crippen LogP contribution is -1.90. The van der Waals surface area contributed by atoms with E-state index in [0.29, 0.717) is 0 Å². The fraction of sp³-hybridized carbons (Fsp3) is 0.154. The molecule has 17 rings (SSSR count). The van der Waals surface area contributed by atoms with Gasteiger partial charge in [0.15, 0.2) is 0 Å². The van der Waals surface area contributed by atoms with E-state index in [1.54, 1.807) is 0 Å². The van der Waals surface area contributed by atoms with Crippen molar-refractivity contribution in [3.63, 3.8) is 0 Å². The van der Waals surface area contributed by atoms with E-state index in [4.69, 9.17) is 0 Å². The molecule has 516 valence electrons. The molecule has 9 aliphatic heterocycles. The molecule has 0 aliphatic carbocycles. The van der Waals surface area contributed by atoms with Gasteiger partial charge in [0.1, 0.15) is 0 Å². The summed E-state index contributed by atoms with van der Waals surface area (Å²) in [5.41, 5.74) is 22.9. The Kier molecular flexibility index (Phi) is 26.5. The van der Waals surface area contributed by atoms with E-state index in [1.165, 1.54) is 176 Å². The molecule has 0 radical (unpaired) electrons. The van der Waals surface area contributed by atoms with Crippen molar-refractivity contribution < 1.29 is 0 Å². The van der Waals surface area contributed by atoms with Gasteiger partial charge in [0.2, 0.25) is 0 Å². The number of thioether (sulfide) groups is 24. The van der Waals surface area contributed by atoms with Crippen molar-refractivity contribution in [3.05, 3.63) is 292 Å². The van der Waals surface area contributed by atoms with Crippen molar-refractivity contribution in [2.24, 2.45) is 0 Å². The SMILES string of the molecule is CSC1=C2SCc3cccc(c3)-c3cc4cc(c3)-c3cccc(c3)CSC3=C(SC)S/C(=C5\SC(SC)=C(SCc6cccc(c6)-c6cc(cc(c6)-c6cccc(c6)CSC6=C(SC)S/C(=C7\SC(SC)=C(SCc8cccc-4c8)S7)S6)-c4cccc(c4)CSC4=C(SC)S/C(=C(\S1)S2)S4)S5)S3. The summed E-state index contributed by atoms with van der Waals surface area (Å²) in [5.74, 6) is 5.36. The minimum atomic E-state index is 0.894. The molecule has 102 heavy (non-hydrogen) atoms. The standard InChI is InChI=1S/C78H60S24/c1-79-61-67-85-37-43-13-7-19-49(25-43)55-31-56-33-57(32-55)52-22-10-16-46(28-52)40-88-70-64(82-4)94-76(100-70)78-96-66(84-6)72(102-78)90-42-48-18-12-24-54(30-48)60-35-58(50-20-8-14-44(26-50)38-86-68-62(80-2)92-74(98-68)73(91-61)97-67)34-59(36-60)53-23-11-17-47(29-53)41-89-71-65(83-5)95-77(101-71)75-93-63(81-3)69(99-75)87-39-45-15-9-21-51(56)27-45/h7-36H,37-42H2,1-6H3/b74-73-,77-75-,78-76-. The average molecular weight is 1770 g/mol. The van der Waals surface area contributed by atoms with Gasteiger partial charge in [-0.3, -0.25) is 0 Å². The van der Waals surface area contributed by atoms with Crippen LogP contribution in [0.4, 0.5) is 0 Å². The number of rotatable bonds is 6. The lowest BCUT2D eigenvalue weighted by Gasteiger charge is -2.14. The molecule has 24 heteroatoms. The van der Waals surface area contributed by atoms with E-state index in [0.717, 1.165) is 34.5 Å². The summed E-state index contributed by atoms with van der Waals surface area (Å²) < 4.78 is 25.3. The molecule has 8 aromatic rings. The topological polar surface area (TPSA) is 0 Å². The van der Waals surface area contributed by atoms with Gasteiger partial charge in [0, 0.05) is 34.5 Å². The summed E-state index contributed by atoms with van der Waals surface area (Å²) in [7, 11) is 0. The third-order valence-electron chi connectivity index (χ3n) is 16.5. The predicted molar refractivity (Wildman–Crippen MR) is 509 cm³/mol. The Morgan fingerprint density at radius 3 is 0.480 bits per heavy atom. The number of fused-ring (bicyclic) bond motifs is 6. The van der Waals surface area contributed by atoms with Gasteiger partial charge in [-0.2, -0.15) is 0 Å². The second kappa shape index (κ2) is 35.7. The Morgan fingerprint density at radius 1 is 0.176 bits per heavy atom. The Labute approximate surface area is 702 Å². The molecule has 0 unspecified atom stereocenters. The van der Waals surface area contributed by atoms with Crippen molar-refractivity contribution in [1.82, 2.24) is 0 Å². The summed E-state index contributed by atoms with van der Waals surface area (Å²) in [6, 6.07) is 70.9. The van der Waals surface area contributed by atoms with Gasteiger partial charge in [0.25, 0.3) is 0 Å². The Bertz CT molecular complexity index is 4170. The van der Waals surface area contributed by atoms with Crippen molar-refractivity contribution in [2.45, 2.75) is 34.5 Å². The van der Waals surface area contributed by atoms with E-state index in [9.17, 15) is 0 Å². The maximum Gasteiger partial charge on any atom is 0.0717 e. The minimum Gasteiger partial charge on any atom is -0.121 e. The zero-order chi connectivity index (χ0) is 69.2. The molecule has 0 fully saturated rings. The largest absolute Gasteiger partial charge is 0.121 e. The van der Waals surface area contributed by atoms with Gasteiger partial charge in [-0.15, -0.1) is 141 Å². The van der Waals surface area contributed by atoms with Crippen LogP contribution in [-0.4, -0.2) is 37.5 Å². The Morgan fingerprint density at radius 2 is 0.333 bits per heavy atom. The van der Waals surface area contributed by atoms with E-state index in [2.05, 4.69) is 220 Å². The van der Waals surface area contributed by atoms with Crippen LogP contribution in [0.3, 0.4) is 0 Å². The summed E-state index contributed by atoms with van der Waals surface area (Å²) in [4.78, 5) is 0. The average Bonchev–Trinajstić information content (AvgIpc) is 1.67. The Hall–Kier alpha value is -0.180. The summed E-state index contributed by atoms with van der Waals surface area (Å²) in [5, 5.41) is 0. The summed E-state index contributed by atoms with van der Waals surface area (Å²) in [6.07, 6.45) is 13.5. The van der Waals surface area contributed by atoms with Crippen molar-refractivity contribution in [3.8, 4) is 66.8 Å². The molecule has 9 heterocycles. The fourth-order valence-corrected chi connectivity index (χ4v) is 44.7. The highest BCUT2D eigenvalue weighted by Gasteiger charge is 2.34. The zero-order valence-electron chi connectivity index (χ0n) is 55.4. The normalized spacial score (nSPS) is 20.5. The molecule has 0 N–H and O–H groups in total. The third-order valence-corrected chi connectivity index (χ3v) is 50.7. The highest BCUT2D eigenvalue weighted by atomic mass is 32.3. The van der Waals surface area contributed by atoms with Gasteiger partial charge in [0.05, 0.1) is 76.3 Å². The van der Waals surface area contributed by atoms with E-state index in [-0.39, 0.29) is 0 Å². The summed E-state index contributed by atoms with van der Waals surface area (Å²) in [6.45, 7) is 0. The molecule has 0 saturated heterocycles. The lowest BCUT2D eigenvalue weighted by atomic mass is 9.92. The first-order chi connectivity index (χ1) is 50.1. The van der Waals surface area contributed by atoms with Gasteiger partial charge in [-0.25, -0.2) is 0 Å². The predicted octanol–water partition coefficient (Wildman–Crippen LogP) is 33.0. The van der Waals surface area contributed by atoms with Gasteiger partial charge >= 0.3 is 0 Å². The number of benzene rings is 8. The Balaban J connectivity index is 0.808. The number of hydrogen-bond acceptors (Lipinski definition) is 24. The molecular formula is C78H60S24. The maximum atomic E-state index is 2.45. The van der Waals surface area contributed by atoms with Crippen molar-refractivity contribution in [2.75, 3.05) is 37.5 Å². The van der Waals surface area contributed by atoms with Crippen LogP contribution in [0.15, 0.2) is 258 Å². The molecule has 0 atom stereocenters. The summed E-state index contributed by atoms with van der Waals surface area (Å²) >= 11 is 47.0. The zero-order valence-corrected chi connectivity index (χ0v) is 75.0.